The second-order valence-corrected chi connectivity index (χ2v) is 8.43. The predicted molar refractivity (Wildman–Crippen MR) is 137 cm³/mol. The highest BCUT2D eigenvalue weighted by atomic mass is 32.1. The van der Waals surface area contributed by atoms with Gasteiger partial charge in [-0.1, -0.05) is 38.1 Å². The number of nitrogens with zero attached hydrogens (tertiary/aromatic N) is 2. The summed E-state index contributed by atoms with van der Waals surface area (Å²) in [6.45, 7) is 4.33. The van der Waals surface area contributed by atoms with Crippen molar-refractivity contribution in [3.05, 3.63) is 92.3 Å². The van der Waals surface area contributed by atoms with Gasteiger partial charge in [0.1, 0.15) is 22.6 Å². The number of pyridine rings is 1. The molecular formula is C25H27N5O4S. The van der Waals surface area contributed by atoms with Crippen molar-refractivity contribution in [2.45, 2.75) is 20.4 Å². The van der Waals surface area contributed by atoms with Crippen molar-refractivity contribution in [2.24, 2.45) is 0 Å². The molecule has 0 saturated heterocycles. The van der Waals surface area contributed by atoms with Crippen molar-refractivity contribution in [1.29, 1.82) is 0 Å². The van der Waals surface area contributed by atoms with Crippen LogP contribution in [-0.4, -0.2) is 41.7 Å². The van der Waals surface area contributed by atoms with Crippen LogP contribution in [0.15, 0.2) is 76.4 Å². The minimum absolute atomic E-state index is 0.0239. The fourth-order valence-electron chi connectivity index (χ4n) is 3.32. The molecule has 10 heteroatoms. The van der Waals surface area contributed by atoms with E-state index in [1.165, 1.54) is 42.7 Å². The Morgan fingerprint density at radius 3 is 2.29 bits per heavy atom. The van der Waals surface area contributed by atoms with Crippen LogP contribution in [0.5, 0.6) is 0 Å². The van der Waals surface area contributed by atoms with Crippen LogP contribution in [0, 0.1) is 0 Å². The molecule has 0 fully saturated rings. The van der Waals surface area contributed by atoms with Crippen molar-refractivity contribution in [1.82, 2.24) is 15.2 Å². The summed E-state index contributed by atoms with van der Waals surface area (Å²) < 4.78 is 0. The summed E-state index contributed by atoms with van der Waals surface area (Å²) in [5, 5.41) is 7.75. The Bertz CT molecular complexity index is 1300. The second-order valence-electron chi connectivity index (χ2n) is 7.40. The van der Waals surface area contributed by atoms with Crippen molar-refractivity contribution in [3.8, 4) is 0 Å². The van der Waals surface area contributed by atoms with E-state index in [1.807, 2.05) is 31.4 Å². The summed E-state index contributed by atoms with van der Waals surface area (Å²) in [6, 6.07) is 12.3. The highest BCUT2D eigenvalue weighted by molar-refractivity contribution is 7.09. The molecule has 1 aromatic carbocycles. The van der Waals surface area contributed by atoms with Gasteiger partial charge >= 0.3 is 0 Å². The number of H-pyrrole nitrogens is 1. The molecule has 3 aromatic rings. The number of rotatable bonds is 7. The van der Waals surface area contributed by atoms with Crippen molar-refractivity contribution in [2.75, 3.05) is 24.3 Å². The summed E-state index contributed by atoms with van der Waals surface area (Å²) in [4.78, 5) is 57.8. The highest BCUT2D eigenvalue weighted by Crippen LogP contribution is 2.27. The summed E-state index contributed by atoms with van der Waals surface area (Å²) in [5.74, 6) is -1.63. The van der Waals surface area contributed by atoms with Gasteiger partial charge in [0.05, 0.1) is 5.69 Å². The molecular weight excluding hydrogens is 466 g/mol. The van der Waals surface area contributed by atoms with Crippen LogP contribution in [0.1, 0.15) is 29.1 Å². The van der Waals surface area contributed by atoms with E-state index in [2.05, 4.69) is 15.6 Å². The summed E-state index contributed by atoms with van der Waals surface area (Å²) in [5.41, 5.74) is -0.318. The summed E-state index contributed by atoms with van der Waals surface area (Å²) in [7, 11) is 3.07. The van der Waals surface area contributed by atoms with Gasteiger partial charge in [-0.3, -0.25) is 19.2 Å². The van der Waals surface area contributed by atoms with Crippen molar-refractivity contribution >= 4 is 40.4 Å². The van der Waals surface area contributed by atoms with Gasteiger partial charge < -0.3 is 20.5 Å². The summed E-state index contributed by atoms with van der Waals surface area (Å²) >= 11 is 1.51. The van der Waals surface area contributed by atoms with Gasteiger partial charge in [0.2, 0.25) is 5.43 Å². The third-order valence-corrected chi connectivity index (χ3v) is 5.84. The first kappa shape index (κ1) is 25.4. The Kier molecular flexibility index (Phi) is 8.21. The normalized spacial score (nSPS) is 12.9. The Balaban J connectivity index is 0.00000167. The van der Waals surface area contributed by atoms with E-state index < -0.39 is 23.2 Å². The number of anilines is 2. The highest BCUT2D eigenvalue weighted by Gasteiger charge is 2.40. The van der Waals surface area contributed by atoms with Gasteiger partial charge in [-0.15, -0.1) is 11.3 Å². The maximum Gasteiger partial charge on any atom is 0.284 e. The van der Waals surface area contributed by atoms with E-state index in [-0.39, 0.29) is 22.6 Å². The Labute approximate surface area is 207 Å². The van der Waals surface area contributed by atoms with Crippen LogP contribution in [0.4, 0.5) is 11.4 Å². The maximum atomic E-state index is 13.3. The van der Waals surface area contributed by atoms with E-state index >= 15 is 0 Å². The molecule has 1 aliphatic rings. The standard InChI is InChI=1S/C23H21N5O4S.C2H6/c1-27(2)21(30)16-12-24-13-17(20(16)29)26-19-18(25-11-15-9-6-10-33-15)22(31)28(23(19)32)14-7-4-3-5-8-14;1-2/h3-10,12-13,25-26H,11H2,1-2H3,(H,24,29);1-2H3. The Hall–Kier alpha value is -4.18. The van der Waals surface area contributed by atoms with Crippen LogP contribution in [0.25, 0.3) is 0 Å². The molecule has 0 saturated carbocycles. The van der Waals surface area contributed by atoms with Gasteiger partial charge in [-0.05, 0) is 23.6 Å². The molecule has 0 radical (unpaired) electrons. The van der Waals surface area contributed by atoms with E-state index in [1.54, 1.807) is 30.3 Å². The van der Waals surface area contributed by atoms with E-state index in [9.17, 15) is 19.2 Å². The van der Waals surface area contributed by atoms with Crippen LogP contribution in [0.3, 0.4) is 0 Å². The molecule has 0 spiro atoms. The topological polar surface area (TPSA) is 115 Å². The molecule has 0 atom stereocenters. The van der Waals surface area contributed by atoms with E-state index in [4.69, 9.17) is 0 Å². The number of nitrogens with one attached hydrogen (secondary N) is 3. The predicted octanol–water partition coefficient (Wildman–Crippen LogP) is 3.15. The molecule has 4 rings (SSSR count). The molecule has 182 valence electrons. The van der Waals surface area contributed by atoms with Gasteiger partial charge in [0, 0.05) is 37.9 Å². The number of carbonyl (C=O) groups excluding carboxylic acids is 3. The first-order valence-electron chi connectivity index (χ1n) is 11.0. The van der Waals surface area contributed by atoms with Crippen molar-refractivity contribution in [3.63, 3.8) is 0 Å². The number of hydrogen-bond acceptors (Lipinski definition) is 7. The third-order valence-electron chi connectivity index (χ3n) is 4.96. The number of benzene rings is 1. The molecule has 0 aliphatic carbocycles. The van der Waals surface area contributed by atoms with Gasteiger partial charge in [0.25, 0.3) is 17.7 Å². The average Bonchev–Trinajstić information content (AvgIpc) is 3.47. The fourth-order valence-corrected chi connectivity index (χ4v) is 3.97. The third kappa shape index (κ3) is 5.33. The zero-order chi connectivity index (χ0) is 25.5. The lowest BCUT2D eigenvalue weighted by Gasteiger charge is -2.15. The second kappa shape index (κ2) is 11.3. The molecule has 3 amide bonds. The number of para-hydroxylation sites is 1. The lowest BCUT2D eigenvalue weighted by molar-refractivity contribution is -0.120. The average molecular weight is 494 g/mol. The molecule has 0 bridgehead atoms. The minimum Gasteiger partial charge on any atom is -0.374 e. The van der Waals surface area contributed by atoms with Crippen molar-refractivity contribution < 1.29 is 14.4 Å². The minimum atomic E-state index is -0.608. The zero-order valence-electron chi connectivity index (χ0n) is 19.9. The van der Waals surface area contributed by atoms with Crippen LogP contribution in [-0.2, 0) is 16.1 Å². The number of amides is 3. The van der Waals surface area contributed by atoms with E-state index in [0.717, 1.165) is 9.78 Å². The molecule has 9 nitrogen and oxygen atoms in total. The zero-order valence-corrected chi connectivity index (χ0v) is 20.7. The van der Waals surface area contributed by atoms with Crippen LogP contribution < -0.4 is 21.0 Å². The first-order chi connectivity index (χ1) is 16.9. The first-order valence-corrected chi connectivity index (χ1v) is 11.9. The quantitative estimate of drug-likeness (QED) is 0.436. The molecule has 2 aromatic heterocycles. The lowest BCUT2D eigenvalue weighted by Crippen LogP contribution is -2.34. The Morgan fingerprint density at radius 1 is 0.971 bits per heavy atom. The SMILES string of the molecule is CC.CN(C)C(=O)c1c[nH]cc(NC2=C(NCc3cccs3)C(=O)N(c3ccccc3)C2=O)c1=O. The molecule has 3 heterocycles. The number of aromatic nitrogens is 1. The van der Waals surface area contributed by atoms with E-state index in [0.29, 0.717) is 12.2 Å². The molecule has 3 N–H and O–H groups in total. The summed E-state index contributed by atoms with van der Waals surface area (Å²) in [6.07, 6.45) is 2.65. The smallest absolute Gasteiger partial charge is 0.284 e. The fraction of sp³-hybridized carbons (Fsp3) is 0.200. The van der Waals surface area contributed by atoms with Gasteiger partial charge in [0.15, 0.2) is 0 Å². The van der Waals surface area contributed by atoms with Crippen LogP contribution >= 0.6 is 11.3 Å². The Morgan fingerprint density at radius 2 is 1.66 bits per heavy atom. The number of imide groups is 1. The largest absolute Gasteiger partial charge is 0.374 e. The monoisotopic (exact) mass is 493 g/mol. The number of carbonyl (C=O) groups is 3. The van der Waals surface area contributed by atoms with Gasteiger partial charge in [-0.25, -0.2) is 4.90 Å². The van der Waals surface area contributed by atoms with Gasteiger partial charge in [-0.2, -0.15) is 0 Å². The molecule has 35 heavy (non-hydrogen) atoms. The number of thiophene rings is 1. The van der Waals surface area contributed by atoms with Crippen LogP contribution in [0.2, 0.25) is 0 Å². The molecule has 1 aliphatic heterocycles. The number of aromatic amines is 1. The maximum absolute atomic E-state index is 13.3. The number of hydrogen-bond donors (Lipinski definition) is 3. The molecule has 0 unspecified atom stereocenters. The lowest BCUT2D eigenvalue weighted by atomic mass is 10.2.